The second kappa shape index (κ2) is 4.94. The molecular weight excluding hydrogens is 238 g/mol. The second-order valence-corrected chi connectivity index (χ2v) is 7.44. The monoisotopic (exact) mass is 250 g/mol. The predicted molar refractivity (Wildman–Crippen MR) is 50.9 cm³/mol. The van der Waals surface area contributed by atoms with E-state index in [9.17, 15) is 9.13 Å². The van der Waals surface area contributed by atoms with Crippen LogP contribution in [0, 0.1) is 0 Å². The van der Waals surface area contributed by atoms with Crippen LogP contribution in [0.2, 0.25) is 0 Å². The standard InChI is InChI=1S/C4H12O6P2S/c1-13-3-2-4(11(5,6)7)12(8,9)10/h4H,2-3H2,1H3,(H2,5,6,7)(H2,8,9,10). The molecule has 0 unspecified atom stereocenters. The molecule has 4 N–H and O–H groups in total. The molecule has 0 amide bonds. The molecule has 9 heteroatoms. The number of hydrogen-bond acceptors (Lipinski definition) is 3. The van der Waals surface area contributed by atoms with Crippen molar-refractivity contribution in [2.24, 2.45) is 0 Å². The summed E-state index contributed by atoms with van der Waals surface area (Å²) in [6, 6.07) is 0. The smallest absolute Gasteiger partial charge is 0.324 e. The summed E-state index contributed by atoms with van der Waals surface area (Å²) in [7, 11) is -9.41. The zero-order valence-electron chi connectivity index (χ0n) is 6.90. The van der Waals surface area contributed by atoms with E-state index in [1.165, 1.54) is 11.8 Å². The fraction of sp³-hybridized carbons (Fsp3) is 1.00. The molecule has 0 heterocycles. The fourth-order valence-electron chi connectivity index (χ4n) is 0.756. The van der Waals surface area contributed by atoms with Gasteiger partial charge in [0.1, 0.15) is 0 Å². The third-order valence-corrected chi connectivity index (χ3v) is 5.88. The van der Waals surface area contributed by atoms with Gasteiger partial charge in [0.05, 0.1) is 0 Å². The van der Waals surface area contributed by atoms with E-state index >= 15 is 0 Å². The minimum absolute atomic E-state index is 0.185. The molecule has 0 aliphatic heterocycles. The van der Waals surface area contributed by atoms with E-state index in [-0.39, 0.29) is 6.42 Å². The Morgan fingerprint density at radius 1 is 1.15 bits per heavy atom. The van der Waals surface area contributed by atoms with E-state index < -0.39 is 20.6 Å². The first-order valence-electron chi connectivity index (χ1n) is 3.29. The molecule has 0 fully saturated rings. The van der Waals surface area contributed by atoms with Gasteiger partial charge in [-0.15, -0.1) is 0 Å². The quantitative estimate of drug-likeness (QED) is 0.522. The van der Waals surface area contributed by atoms with E-state index in [0.717, 1.165) is 0 Å². The van der Waals surface area contributed by atoms with Crippen LogP contribution in [0.1, 0.15) is 6.42 Å². The van der Waals surface area contributed by atoms with Crippen molar-refractivity contribution in [3.63, 3.8) is 0 Å². The molecule has 0 rings (SSSR count). The maximum absolute atomic E-state index is 10.7. The summed E-state index contributed by atoms with van der Waals surface area (Å²) < 4.78 is 21.4. The van der Waals surface area contributed by atoms with E-state index in [0.29, 0.717) is 5.75 Å². The van der Waals surface area contributed by atoms with Crippen molar-refractivity contribution < 1.29 is 28.7 Å². The van der Waals surface area contributed by atoms with Crippen molar-refractivity contribution in [3.05, 3.63) is 0 Å². The molecule has 0 aromatic rings. The summed E-state index contributed by atoms with van der Waals surface area (Å²) in [5.41, 5.74) is 0. The topological polar surface area (TPSA) is 115 Å². The average molecular weight is 250 g/mol. The molecule has 13 heavy (non-hydrogen) atoms. The molecule has 0 bridgehead atoms. The van der Waals surface area contributed by atoms with Crippen LogP contribution in [0.4, 0.5) is 0 Å². The largest absolute Gasteiger partial charge is 0.340 e. The lowest BCUT2D eigenvalue weighted by atomic mass is 10.6. The molecule has 0 saturated carbocycles. The van der Waals surface area contributed by atoms with Crippen LogP contribution in [-0.4, -0.2) is 37.0 Å². The first-order chi connectivity index (χ1) is 5.69. The number of hydrogen-bond donors (Lipinski definition) is 4. The highest BCUT2D eigenvalue weighted by molar-refractivity contribution is 7.98. The van der Waals surface area contributed by atoms with Crippen molar-refractivity contribution in [2.75, 3.05) is 12.0 Å². The molecule has 0 spiro atoms. The van der Waals surface area contributed by atoms with Gasteiger partial charge in [0, 0.05) is 0 Å². The van der Waals surface area contributed by atoms with Gasteiger partial charge in [-0.25, -0.2) is 0 Å². The minimum Gasteiger partial charge on any atom is -0.324 e. The van der Waals surface area contributed by atoms with Gasteiger partial charge in [-0.2, -0.15) is 11.8 Å². The molecular formula is C4H12O6P2S. The Hall–Kier alpha value is 0.650. The van der Waals surface area contributed by atoms with Crippen LogP contribution in [0.15, 0.2) is 0 Å². The van der Waals surface area contributed by atoms with Crippen molar-refractivity contribution in [2.45, 2.75) is 11.8 Å². The minimum atomic E-state index is -4.70. The maximum Gasteiger partial charge on any atom is 0.340 e. The normalized spacial score (nSPS) is 13.7. The first-order valence-corrected chi connectivity index (χ1v) is 8.04. The summed E-state index contributed by atoms with van der Waals surface area (Å²) in [4.78, 5) is 34.6. The Bertz CT molecular complexity index is 221. The van der Waals surface area contributed by atoms with Crippen LogP contribution >= 0.6 is 27.0 Å². The SMILES string of the molecule is CSCCC(P(=O)(O)O)P(=O)(O)O. The van der Waals surface area contributed by atoms with E-state index in [4.69, 9.17) is 19.6 Å². The predicted octanol–water partition coefficient (Wildman–Crippen LogP) is 0.421. The lowest BCUT2D eigenvalue weighted by Crippen LogP contribution is -2.10. The summed E-state index contributed by atoms with van der Waals surface area (Å²) >= 11 is 1.28. The second-order valence-electron chi connectivity index (χ2n) is 2.44. The molecule has 0 aromatic carbocycles. The highest BCUT2D eigenvalue weighted by atomic mass is 32.2. The maximum atomic E-state index is 10.7. The van der Waals surface area contributed by atoms with Gasteiger partial charge in [0.15, 0.2) is 5.40 Å². The van der Waals surface area contributed by atoms with Crippen LogP contribution in [0.5, 0.6) is 0 Å². The van der Waals surface area contributed by atoms with E-state index in [2.05, 4.69) is 0 Å². The highest BCUT2D eigenvalue weighted by Crippen LogP contribution is 2.61. The summed E-state index contributed by atoms with van der Waals surface area (Å²) in [6.07, 6.45) is 1.51. The summed E-state index contributed by atoms with van der Waals surface area (Å²) in [5, 5.41) is -1.85. The van der Waals surface area contributed by atoms with Crippen LogP contribution < -0.4 is 0 Å². The Balaban J connectivity index is 4.59. The van der Waals surface area contributed by atoms with Crippen molar-refractivity contribution in [1.29, 1.82) is 0 Å². The van der Waals surface area contributed by atoms with Gasteiger partial charge < -0.3 is 19.6 Å². The molecule has 0 aliphatic carbocycles. The van der Waals surface area contributed by atoms with Crippen molar-refractivity contribution in [3.8, 4) is 0 Å². The fourth-order valence-corrected chi connectivity index (χ4v) is 4.07. The molecule has 0 radical (unpaired) electrons. The van der Waals surface area contributed by atoms with Crippen LogP contribution in [-0.2, 0) is 9.13 Å². The average Bonchev–Trinajstić information content (AvgIpc) is 1.81. The van der Waals surface area contributed by atoms with Crippen molar-refractivity contribution in [1.82, 2.24) is 0 Å². The molecule has 0 aliphatic rings. The van der Waals surface area contributed by atoms with Gasteiger partial charge in [0.25, 0.3) is 0 Å². The Morgan fingerprint density at radius 2 is 1.54 bits per heavy atom. The Labute approximate surface area is 80.1 Å². The number of rotatable bonds is 5. The Kier molecular flexibility index (Phi) is 5.18. The molecule has 0 atom stereocenters. The van der Waals surface area contributed by atoms with Crippen LogP contribution in [0.25, 0.3) is 0 Å². The van der Waals surface area contributed by atoms with E-state index in [1.54, 1.807) is 6.26 Å². The lowest BCUT2D eigenvalue weighted by molar-refractivity contribution is 0.337. The molecule has 80 valence electrons. The van der Waals surface area contributed by atoms with Gasteiger partial charge in [-0.1, -0.05) is 0 Å². The molecule has 0 saturated heterocycles. The van der Waals surface area contributed by atoms with Gasteiger partial charge >= 0.3 is 15.2 Å². The van der Waals surface area contributed by atoms with Crippen molar-refractivity contribution >= 4 is 27.0 Å². The highest BCUT2D eigenvalue weighted by Gasteiger charge is 2.42. The van der Waals surface area contributed by atoms with E-state index in [1.807, 2.05) is 0 Å². The third kappa shape index (κ3) is 5.18. The Morgan fingerprint density at radius 3 is 1.77 bits per heavy atom. The number of thioether (sulfide) groups is 1. The third-order valence-electron chi connectivity index (χ3n) is 1.36. The van der Waals surface area contributed by atoms with Gasteiger partial charge in [-0.05, 0) is 18.4 Å². The zero-order chi connectivity index (χ0) is 10.7. The lowest BCUT2D eigenvalue weighted by Gasteiger charge is -2.18. The van der Waals surface area contributed by atoms with Gasteiger partial charge in [0.2, 0.25) is 0 Å². The zero-order valence-corrected chi connectivity index (χ0v) is 9.50. The summed E-state index contributed by atoms with van der Waals surface area (Å²) in [5.74, 6) is 0.306. The molecule has 6 nitrogen and oxygen atoms in total. The summed E-state index contributed by atoms with van der Waals surface area (Å²) in [6.45, 7) is 0. The molecule has 0 aromatic heterocycles. The first kappa shape index (κ1) is 13.7. The van der Waals surface area contributed by atoms with Crippen LogP contribution in [0.3, 0.4) is 0 Å². The van der Waals surface area contributed by atoms with Gasteiger partial charge in [-0.3, -0.25) is 9.13 Å².